The van der Waals surface area contributed by atoms with Gasteiger partial charge in [-0.3, -0.25) is 0 Å². The molecule has 25 heavy (non-hydrogen) atoms. The van der Waals surface area contributed by atoms with E-state index >= 15 is 4.39 Å². The van der Waals surface area contributed by atoms with Crippen molar-refractivity contribution < 1.29 is 19.7 Å². The van der Waals surface area contributed by atoms with E-state index in [0.717, 1.165) is 25.7 Å². The Balaban J connectivity index is 1.82. The highest BCUT2D eigenvalue weighted by Gasteiger charge is 2.69. The average Bonchev–Trinajstić information content (AvgIpc) is 2.90. The number of allylic oxidation sites excluding steroid dienone is 1. The van der Waals surface area contributed by atoms with Crippen molar-refractivity contribution in [2.45, 2.75) is 77.8 Å². The van der Waals surface area contributed by atoms with Crippen LogP contribution < -0.4 is 0 Å². The van der Waals surface area contributed by atoms with Gasteiger partial charge in [0.1, 0.15) is 22.9 Å². The first kappa shape index (κ1) is 17.2. The molecule has 4 rings (SSSR count). The van der Waals surface area contributed by atoms with Gasteiger partial charge in [-0.25, -0.2) is 4.39 Å². The molecule has 4 aliphatic carbocycles. The number of aliphatic hydroxyl groups is 3. The van der Waals surface area contributed by atoms with Gasteiger partial charge in [0.05, 0.1) is 11.8 Å². The van der Waals surface area contributed by atoms with Crippen LogP contribution in [0.2, 0.25) is 0 Å². The van der Waals surface area contributed by atoms with Crippen molar-refractivity contribution in [3.8, 4) is 0 Å². The molecule has 6 atom stereocenters. The standard InChI is InChI=1S/C21H31FO3/c1-4-12-5-6-13-14-7-8-15-16(23)11-17(24)18(25)20(15,3)21(14,22)10-9-19(12,13)2/h12-14,23-25H,4-11H2,1-3H3/t12-,13-,14-,19+,20+,21+/m0/s1. The van der Waals surface area contributed by atoms with Gasteiger partial charge in [-0.05, 0) is 74.2 Å². The van der Waals surface area contributed by atoms with Crippen LogP contribution in [0.4, 0.5) is 4.39 Å². The van der Waals surface area contributed by atoms with Crippen molar-refractivity contribution in [2.75, 3.05) is 0 Å². The molecule has 0 aliphatic heterocycles. The Morgan fingerprint density at radius 1 is 1.00 bits per heavy atom. The van der Waals surface area contributed by atoms with Gasteiger partial charge in [-0.15, -0.1) is 0 Å². The molecular weight excluding hydrogens is 319 g/mol. The predicted molar refractivity (Wildman–Crippen MR) is 95.1 cm³/mol. The van der Waals surface area contributed by atoms with Crippen LogP contribution in [0.25, 0.3) is 0 Å². The minimum absolute atomic E-state index is 0.0551. The predicted octanol–water partition coefficient (Wildman–Crippen LogP) is 5.89. The highest BCUT2D eigenvalue weighted by Crippen LogP contribution is 2.70. The van der Waals surface area contributed by atoms with Crippen LogP contribution in [0, 0.1) is 28.6 Å². The summed E-state index contributed by atoms with van der Waals surface area (Å²) in [4.78, 5) is 0. The second-order valence-corrected chi connectivity index (χ2v) is 9.32. The molecule has 0 heterocycles. The van der Waals surface area contributed by atoms with E-state index in [4.69, 9.17) is 0 Å². The molecule has 3 nitrogen and oxygen atoms in total. The Bertz CT molecular complexity index is 668. The van der Waals surface area contributed by atoms with Crippen LogP contribution in [-0.2, 0) is 0 Å². The summed E-state index contributed by atoms with van der Waals surface area (Å²) >= 11 is 0. The van der Waals surface area contributed by atoms with E-state index in [1.54, 1.807) is 6.92 Å². The fourth-order valence-corrected chi connectivity index (χ4v) is 7.28. The van der Waals surface area contributed by atoms with Gasteiger partial charge in [0.15, 0.2) is 0 Å². The zero-order valence-electron chi connectivity index (χ0n) is 15.6. The third-order valence-electron chi connectivity index (χ3n) is 8.77. The van der Waals surface area contributed by atoms with Crippen LogP contribution in [0.1, 0.15) is 72.1 Å². The van der Waals surface area contributed by atoms with Crippen molar-refractivity contribution in [2.24, 2.45) is 28.6 Å². The molecule has 4 aliphatic rings. The van der Waals surface area contributed by atoms with Crippen LogP contribution >= 0.6 is 0 Å². The second kappa shape index (κ2) is 5.17. The normalized spacial score (nSPS) is 49.7. The number of hydrogen-bond acceptors (Lipinski definition) is 3. The lowest BCUT2D eigenvalue weighted by Crippen LogP contribution is -2.61. The van der Waals surface area contributed by atoms with Crippen LogP contribution in [-0.4, -0.2) is 21.0 Å². The summed E-state index contributed by atoms with van der Waals surface area (Å²) in [5, 5.41) is 31.2. The first-order valence-corrected chi connectivity index (χ1v) is 9.92. The minimum Gasteiger partial charge on any atom is -0.512 e. The monoisotopic (exact) mass is 350 g/mol. The summed E-state index contributed by atoms with van der Waals surface area (Å²) in [5.41, 5.74) is -2.09. The summed E-state index contributed by atoms with van der Waals surface area (Å²) in [5.74, 6) is 0.406. The van der Waals surface area contributed by atoms with Crippen LogP contribution in [0.15, 0.2) is 22.9 Å². The number of fused-ring (bicyclic) bond motifs is 5. The summed E-state index contributed by atoms with van der Waals surface area (Å²) in [7, 11) is 0. The van der Waals surface area contributed by atoms with E-state index < -0.39 is 11.1 Å². The molecule has 3 N–H and O–H groups in total. The number of alkyl halides is 1. The quantitative estimate of drug-likeness (QED) is 0.552. The maximum absolute atomic E-state index is 16.7. The van der Waals surface area contributed by atoms with E-state index in [2.05, 4.69) is 13.8 Å². The first-order chi connectivity index (χ1) is 11.7. The van der Waals surface area contributed by atoms with Crippen LogP contribution in [0.5, 0.6) is 0 Å². The fourth-order valence-electron chi connectivity index (χ4n) is 7.28. The zero-order valence-corrected chi connectivity index (χ0v) is 15.6. The Hall–Kier alpha value is -1.19. The molecule has 0 unspecified atom stereocenters. The van der Waals surface area contributed by atoms with Crippen LogP contribution in [0.3, 0.4) is 0 Å². The molecule has 0 amide bonds. The molecule has 0 aromatic heterocycles. The summed E-state index contributed by atoms with van der Waals surface area (Å²) in [6, 6.07) is 0. The fraction of sp³-hybridized carbons (Fsp3) is 0.810. The third kappa shape index (κ3) is 1.86. The van der Waals surface area contributed by atoms with Crippen molar-refractivity contribution in [3.63, 3.8) is 0 Å². The van der Waals surface area contributed by atoms with E-state index in [-0.39, 0.29) is 35.0 Å². The van der Waals surface area contributed by atoms with Gasteiger partial charge in [0.2, 0.25) is 0 Å². The molecule has 0 aromatic carbocycles. The molecule has 0 spiro atoms. The van der Waals surface area contributed by atoms with E-state index in [9.17, 15) is 15.3 Å². The summed E-state index contributed by atoms with van der Waals surface area (Å²) < 4.78 is 16.7. The van der Waals surface area contributed by atoms with Gasteiger partial charge < -0.3 is 15.3 Å². The summed E-state index contributed by atoms with van der Waals surface area (Å²) in [6.45, 7) is 6.28. The Morgan fingerprint density at radius 3 is 2.40 bits per heavy atom. The van der Waals surface area contributed by atoms with Gasteiger partial charge in [-0.2, -0.15) is 0 Å². The highest BCUT2D eigenvalue weighted by atomic mass is 19.1. The second-order valence-electron chi connectivity index (χ2n) is 9.32. The van der Waals surface area contributed by atoms with Crippen molar-refractivity contribution in [3.05, 3.63) is 22.9 Å². The first-order valence-electron chi connectivity index (χ1n) is 9.92. The molecule has 0 radical (unpaired) electrons. The largest absolute Gasteiger partial charge is 0.512 e. The zero-order chi connectivity index (χ0) is 18.2. The van der Waals surface area contributed by atoms with E-state index in [1.807, 2.05) is 0 Å². The topological polar surface area (TPSA) is 60.7 Å². The summed E-state index contributed by atoms with van der Waals surface area (Å²) in [6.07, 6.45) is 5.86. The SMILES string of the molecule is CC[C@H]1CC[C@H]2[C@@H]3CCC4=C(O)CC(O)=C(O)[C@]4(C)[C@@]3(F)CC[C@]12C. The maximum atomic E-state index is 16.7. The number of aliphatic hydroxyl groups excluding tert-OH is 3. The van der Waals surface area contributed by atoms with Crippen molar-refractivity contribution >= 4 is 0 Å². The number of halogens is 1. The maximum Gasteiger partial charge on any atom is 0.143 e. The molecular formula is C21H31FO3. The van der Waals surface area contributed by atoms with Crippen molar-refractivity contribution in [1.29, 1.82) is 0 Å². The molecule has 0 bridgehead atoms. The van der Waals surface area contributed by atoms with E-state index in [1.165, 1.54) is 6.42 Å². The van der Waals surface area contributed by atoms with Gasteiger partial charge in [-0.1, -0.05) is 20.3 Å². The molecule has 3 saturated carbocycles. The Labute approximate surface area is 149 Å². The number of rotatable bonds is 1. The molecule has 0 aromatic rings. The lowest BCUT2D eigenvalue weighted by atomic mass is 9.45. The van der Waals surface area contributed by atoms with Gasteiger partial charge >= 0.3 is 0 Å². The molecule has 4 heteroatoms. The average molecular weight is 350 g/mol. The smallest absolute Gasteiger partial charge is 0.143 e. The third-order valence-corrected chi connectivity index (χ3v) is 8.77. The van der Waals surface area contributed by atoms with E-state index in [0.29, 0.717) is 30.3 Å². The highest BCUT2D eigenvalue weighted by molar-refractivity contribution is 5.42. The van der Waals surface area contributed by atoms with Gasteiger partial charge in [0, 0.05) is 0 Å². The molecule has 0 saturated heterocycles. The Morgan fingerprint density at radius 2 is 1.72 bits per heavy atom. The minimum atomic E-state index is -1.60. The van der Waals surface area contributed by atoms with Crippen molar-refractivity contribution in [1.82, 2.24) is 0 Å². The molecule has 3 fully saturated rings. The number of hydrogen-bond donors (Lipinski definition) is 3. The lowest BCUT2D eigenvalue weighted by Gasteiger charge is -2.60. The molecule has 140 valence electrons. The van der Waals surface area contributed by atoms with Gasteiger partial charge in [0.25, 0.3) is 0 Å². The lowest BCUT2D eigenvalue weighted by molar-refractivity contribution is -0.141. The Kier molecular flexibility index (Phi) is 3.56.